The zero-order valence-corrected chi connectivity index (χ0v) is 15.2. The molecular formula is C19H23NO6. The molecule has 0 bridgehead atoms. The monoisotopic (exact) mass is 361 g/mol. The molecule has 1 aromatic carbocycles. The van der Waals surface area contributed by atoms with Crippen LogP contribution in [-0.4, -0.2) is 48.3 Å². The van der Waals surface area contributed by atoms with E-state index in [1.807, 2.05) is 0 Å². The molecule has 1 aromatic rings. The van der Waals surface area contributed by atoms with E-state index in [2.05, 4.69) is 0 Å². The van der Waals surface area contributed by atoms with E-state index in [1.54, 1.807) is 38.1 Å². The number of rotatable bonds is 4. The van der Waals surface area contributed by atoms with E-state index < -0.39 is 29.0 Å². The molecule has 2 aliphatic heterocycles. The minimum absolute atomic E-state index is 0.161. The molecule has 1 saturated heterocycles. The number of esters is 2. The van der Waals surface area contributed by atoms with Gasteiger partial charge in [0, 0.05) is 12.1 Å². The lowest BCUT2D eigenvalue weighted by molar-refractivity contribution is -0.160. The fraction of sp³-hybridized carbons (Fsp3) is 0.526. The van der Waals surface area contributed by atoms with Crippen LogP contribution in [0.5, 0.6) is 0 Å². The predicted molar refractivity (Wildman–Crippen MR) is 92.5 cm³/mol. The van der Waals surface area contributed by atoms with E-state index in [0.29, 0.717) is 11.3 Å². The molecule has 1 N–H and O–H groups in total. The summed E-state index contributed by atoms with van der Waals surface area (Å²) in [5.74, 6) is -1.44. The van der Waals surface area contributed by atoms with E-state index in [0.717, 1.165) is 0 Å². The van der Waals surface area contributed by atoms with Crippen LogP contribution < -0.4 is 4.90 Å². The van der Waals surface area contributed by atoms with Gasteiger partial charge in [0.05, 0.1) is 31.8 Å². The van der Waals surface area contributed by atoms with Gasteiger partial charge in [0.25, 0.3) is 0 Å². The zero-order valence-electron chi connectivity index (χ0n) is 15.2. The number of para-hydroxylation sites is 1. The van der Waals surface area contributed by atoms with Gasteiger partial charge in [-0.15, -0.1) is 0 Å². The molecule has 7 nitrogen and oxygen atoms in total. The third-order valence-electron chi connectivity index (χ3n) is 5.35. The standard InChI is InChI=1S/C19H23NO6/c1-4-26-15(22)11-19(17(23)25-3)12-7-5-6-8-13(12)20-14(21)9-10-18(2,24)16(19)20/h5-8,16,24H,4,9-11H2,1-3H3/t16-,18-,19-/m0/s1. The minimum Gasteiger partial charge on any atom is -0.468 e. The topological polar surface area (TPSA) is 93.1 Å². The van der Waals surface area contributed by atoms with Crippen molar-refractivity contribution in [3.05, 3.63) is 29.8 Å². The van der Waals surface area contributed by atoms with Crippen molar-refractivity contribution >= 4 is 23.5 Å². The average Bonchev–Trinajstić information content (AvgIpc) is 2.91. The summed E-state index contributed by atoms with van der Waals surface area (Å²) in [6, 6.07) is 5.97. The van der Waals surface area contributed by atoms with Crippen molar-refractivity contribution in [1.82, 2.24) is 0 Å². The fourth-order valence-corrected chi connectivity index (χ4v) is 4.38. The Morgan fingerprint density at radius 1 is 1.35 bits per heavy atom. The van der Waals surface area contributed by atoms with E-state index in [9.17, 15) is 19.5 Å². The molecule has 2 aliphatic rings. The Bertz CT molecular complexity index is 758. The number of piperidine rings is 1. The first kappa shape index (κ1) is 18.4. The van der Waals surface area contributed by atoms with Crippen molar-refractivity contribution in [2.75, 3.05) is 18.6 Å². The van der Waals surface area contributed by atoms with E-state index >= 15 is 0 Å². The first-order valence-corrected chi connectivity index (χ1v) is 8.67. The Hall–Kier alpha value is -2.41. The second-order valence-electron chi connectivity index (χ2n) is 6.99. The van der Waals surface area contributed by atoms with Crippen LogP contribution in [0.1, 0.15) is 38.7 Å². The highest BCUT2D eigenvalue weighted by atomic mass is 16.5. The largest absolute Gasteiger partial charge is 0.468 e. The molecule has 0 aromatic heterocycles. The van der Waals surface area contributed by atoms with Crippen LogP contribution in [0.4, 0.5) is 5.69 Å². The van der Waals surface area contributed by atoms with Crippen molar-refractivity contribution in [3.8, 4) is 0 Å². The maximum atomic E-state index is 13.0. The molecular weight excluding hydrogens is 338 g/mol. The predicted octanol–water partition coefficient (Wildman–Crippen LogP) is 1.31. The molecule has 2 heterocycles. The highest BCUT2D eigenvalue weighted by molar-refractivity contribution is 6.04. The van der Waals surface area contributed by atoms with Crippen LogP contribution in [0, 0.1) is 0 Å². The molecule has 0 unspecified atom stereocenters. The van der Waals surface area contributed by atoms with Crippen molar-refractivity contribution in [3.63, 3.8) is 0 Å². The second kappa shape index (κ2) is 6.39. The summed E-state index contributed by atoms with van der Waals surface area (Å²) in [5, 5.41) is 11.1. The zero-order chi connectivity index (χ0) is 19.1. The van der Waals surface area contributed by atoms with Crippen LogP contribution in [0.3, 0.4) is 0 Å². The molecule has 7 heteroatoms. The summed E-state index contributed by atoms with van der Waals surface area (Å²) >= 11 is 0. The molecule has 0 aliphatic carbocycles. The number of carbonyl (C=O) groups excluding carboxylic acids is 3. The van der Waals surface area contributed by atoms with Gasteiger partial charge < -0.3 is 19.5 Å². The van der Waals surface area contributed by atoms with Crippen LogP contribution in [0.25, 0.3) is 0 Å². The Morgan fingerprint density at radius 3 is 2.69 bits per heavy atom. The number of hydrogen-bond acceptors (Lipinski definition) is 6. The first-order valence-electron chi connectivity index (χ1n) is 8.67. The maximum Gasteiger partial charge on any atom is 0.319 e. The van der Waals surface area contributed by atoms with Gasteiger partial charge >= 0.3 is 11.9 Å². The molecule has 3 rings (SSSR count). The molecule has 140 valence electrons. The lowest BCUT2D eigenvalue weighted by Gasteiger charge is -2.47. The number of methoxy groups -OCH3 is 1. The van der Waals surface area contributed by atoms with Gasteiger partial charge in [0.1, 0.15) is 5.41 Å². The van der Waals surface area contributed by atoms with Crippen molar-refractivity contribution in [2.24, 2.45) is 0 Å². The molecule has 0 saturated carbocycles. The molecule has 1 fully saturated rings. The summed E-state index contributed by atoms with van der Waals surface area (Å²) in [4.78, 5) is 39.5. The first-order chi connectivity index (χ1) is 12.3. The SMILES string of the molecule is CCOC(=O)C[C@]1(C(=O)OC)c2ccccc2N2C(=O)CC[C@](C)(O)[C@H]21. The van der Waals surface area contributed by atoms with Crippen molar-refractivity contribution in [2.45, 2.75) is 50.2 Å². The van der Waals surface area contributed by atoms with E-state index in [1.165, 1.54) is 12.0 Å². The minimum atomic E-state index is -1.52. The van der Waals surface area contributed by atoms with Crippen LogP contribution >= 0.6 is 0 Å². The fourth-order valence-electron chi connectivity index (χ4n) is 4.38. The highest BCUT2D eigenvalue weighted by Gasteiger charge is 2.66. The maximum absolute atomic E-state index is 13.0. The van der Waals surface area contributed by atoms with Crippen LogP contribution in [0.2, 0.25) is 0 Å². The number of aliphatic hydroxyl groups is 1. The van der Waals surface area contributed by atoms with Gasteiger partial charge in [-0.25, -0.2) is 0 Å². The quantitative estimate of drug-likeness (QED) is 0.813. The Balaban J connectivity index is 2.27. The average molecular weight is 361 g/mol. The summed E-state index contributed by atoms with van der Waals surface area (Å²) in [5.41, 5.74) is -1.86. The van der Waals surface area contributed by atoms with Gasteiger partial charge in [-0.1, -0.05) is 18.2 Å². The highest BCUT2D eigenvalue weighted by Crippen LogP contribution is 2.54. The number of anilines is 1. The molecule has 0 spiro atoms. The lowest BCUT2D eigenvalue weighted by atomic mass is 9.66. The number of carbonyl (C=O) groups is 3. The van der Waals surface area contributed by atoms with Crippen LogP contribution in [0.15, 0.2) is 24.3 Å². The van der Waals surface area contributed by atoms with Gasteiger partial charge in [-0.05, 0) is 31.9 Å². The van der Waals surface area contributed by atoms with Crippen molar-refractivity contribution in [1.29, 1.82) is 0 Å². The van der Waals surface area contributed by atoms with Crippen molar-refractivity contribution < 1.29 is 29.0 Å². The van der Waals surface area contributed by atoms with Gasteiger partial charge in [0.15, 0.2) is 0 Å². The molecule has 26 heavy (non-hydrogen) atoms. The summed E-state index contributed by atoms with van der Waals surface area (Å²) in [6.45, 7) is 3.44. The van der Waals surface area contributed by atoms with E-state index in [4.69, 9.17) is 9.47 Å². The Kier molecular flexibility index (Phi) is 4.52. The van der Waals surface area contributed by atoms with E-state index in [-0.39, 0.29) is 31.8 Å². The summed E-state index contributed by atoms with van der Waals surface area (Å²) in [7, 11) is 1.24. The summed E-state index contributed by atoms with van der Waals surface area (Å²) in [6.07, 6.45) is 0.0478. The number of hydrogen-bond donors (Lipinski definition) is 1. The Morgan fingerprint density at radius 2 is 2.04 bits per heavy atom. The third kappa shape index (κ3) is 2.49. The number of fused-ring (bicyclic) bond motifs is 3. The molecule has 0 radical (unpaired) electrons. The molecule has 3 atom stereocenters. The Labute approximate surface area is 151 Å². The van der Waals surface area contributed by atoms with Crippen LogP contribution in [-0.2, 0) is 29.3 Å². The number of benzene rings is 1. The van der Waals surface area contributed by atoms with Gasteiger partial charge in [-0.2, -0.15) is 0 Å². The number of amides is 1. The number of nitrogens with zero attached hydrogens (tertiary/aromatic N) is 1. The lowest BCUT2D eigenvalue weighted by Crippen LogP contribution is -2.65. The number of ether oxygens (including phenoxy) is 2. The normalized spacial score (nSPS) is 29.8. The second-order valence-corrected chi connectivity index (χ2v) is 6.99. The summed E-state index contributed by atoms with van der Waals surface area (Å²) < 4.78 is 10.1. The van der Waals surface area contributed by atoms with Gasteiger partial charge in [-0.3, -0.25) is 14.4 Å². The molecule has 1 amide bonds. The van der Waals surface area contributed by atoms with Gasteiger partial charge in [0.2, 0.25) is 5.91 Å². The smallest absolute Gasteiger partial charge is 0.319 e. The third-order valence-corrected chi connectivity index (χ3v) is 5.35.